The number of nitrogens with one attached hydrogen (secondary N) is 1. The van der Waals surface area contributed by atoms with Crippen LogP contribution in [0.2, 0.25) is 0 Å². The first-order valence-corrected chi connectivity index (χ1v) is 9.67. The van der Waals surface area contributed by atoms with Crippen LogP contribution < -0.4 is 5.32 Å². The second kappa shape index (κ2) is 5.78. The molecule has 5 heterocycles. The molecule has 0 saturated carbocycles. The van der Waals surface area contributed by atoms with Crippen molar-refractivity contribution in [3.8, 4) is 16.3 Å². The van der Waals surface area contributed by atoms with Crippen molar-refractivity contribution in [1.82, 2.24) is 29.7 Å². The standard InChI is InChI=1S/C18H20N6OS/c1-10-8-24-16(11(2)20-10)17(25)15(21-24)14-7-12-9-23(22-18(12)26-14)13-3-5-19-6-4-13/h7-9,13,19,25H,3-6H2,1-2H3. The van der Waals surface area contributed by atoms with Crippen molar-refractivity contribution in [2.24, 2.45) is 0 Å². The molecule has 0 unspecified atom stereocenters. The van der Waals surface area contributed by atoms with Crippen molar-refractivity contribution in [3.05, 3.63) is 29.8 Å². The van der Waals surface area contributed by atoms with Crippen LogP contribution in [0.4, 0.5) is 0 Å². The smallest absolute Gasteiger partial charge is 0.172 e. The summed E-state index contributed by atoms with van der Waals surface area (Å²) in [5, 5.41) is 24.5. The number of hydrogen-bond donors (Lipinski definition) is 2. The summed E-state index contributed by atoms with van der Waals surface area (Å²) >= 11 is 1.57. The predicted octanol–water partition coefficient (Wildman–Crippen LogP) is 3.05. The van der Waals surface area contributed by atoms with Gasteiger partial charge < -0.3 is 10.4 Å². The molecule has 1 aliphatic rings. The first-order valence-electron chi connectivity index (χ1n) is 8.85. The summed E-state index contributed by atoms with van der Waals surface area (Å²) in [6.07, 6.45) is 6.18. The largest absolute Gasteiger partial charge is 0.504 e. The van der Waals surface area contributed by atoms with E-state index in [4.69, 9.17) is 5.10 Å². The van der Waals surface area contributed by atoms with E-state index in [1.807, 2.05) is 20.0 Å². The van der Waals surface area contributed by atoms with Gasteiger partial charge in [0.05, 0.1) is 28.5 Å². The van der Waals surface area contributed by atoms with Gasteiger partial charge in [-0.25, -0.2) is 4.52 Å². The van der Waals surface area contributed by atoms with E-state index in [9.17, 15) is 5.11 Å². The lowest BCUT2D eigenvalue weighted by molar-refractivity contribution is 0.345. The molecule has 8 heteroatoms. The number of hydrogen-bond acceptors (Lipinski definition) is 6. The molecular formula is C18H20N6OS. The highest BCUT2D eigenvalue weighted by Crippen LogP contribution is 2.39. The zero-order chi connectivity index (χ0) is 17.8. The van der Waals surface area contributed by atoms with Crippen LogP contribution >= 0.6 is 11.3 Å². The van der Waals surface area contributed by atoms with E-state index in [-0.39, 0.29) is 5.75 Å². The van der Waals surface area contributed by atoms with Crippen LogP contribution in [0.1, 0.15) is 30.3 Å². The van der Waals surface area contributed by atoms with Gasteiger partial charge in [-0.05, 0) is 45.8 Å². The van der Waals surface area contributed by atoms with Crippen LogP contribution in [0.25, 0.3) is 26.3 Å². The molecule has 4 aromatic rings. The van der Waals surface area contributed by atoms with Gasteiger partial charge in [-0.3, -0.25) is 9.67 Å². The molecule has 0 aromatic carbocycles. The number of nitrogens with zero attached hydrogens (tertiary/aromatic N) is 5. The molecule has 26 heavy (non-hydrogen) atoms. The van der Waals surface area contributed by atoms with Crippen molar-refractivity contribution >= 4 is 27.1 Å². The van der Waals surface area contributed by atoms with Gasteiger partial charge in [0.2, 0.25) is 0 Å². The van der Waals surface area contributed by atoms with Crippen molar-refractivity contribution in [2.75, 3.05) is 13.1 Å². The van der Waals surface area contributed by atoms with E-state index in [0.717, 1.165) is 52.4 Å². The molecule has 0 spiro atoms. The number of rotatable bonds is 2. The Hall–Kier alpha value is -2.45. The number of aromatic hydroxyl groups is 1. The second-order valence-electron chi connectivity index (χ2n) is 6.92. The average molecular weight is 368 g/mol. The van der Waals surface area contributed by atoms with Gasteiger partial charge in [0.15, 0.2) is 5.75 Å². The lowest BCUT2D eigenvalue weighted by Crippen LogP contribution is -2.29. The Kier molecular flexibility index (Phi) is 3.51. The first-order chi connectivity index (χ1) is 12.6. The van der Waals surface area contributed by atoms with Crippen LogP contribution in [0.3, 0.4) is 0 Å². The Bertz CT molecular complexity index is 1090. The predicted molar refractivity (Wildman–Crippen MR) is 102 cm³/mol. The minimum atomic E-state index is 0.185. The van der Waals surface area contributed by atoms with Gasteiger partial charge in [0.25, 0.3) is 0 Å². The summed E-state index contributed by atoms with van der Waals surface area (Å²) in [4.78, 5) is 6.34. The Morgan fingerprint density at radius 1 is 1.19 bits per heavy atom. The average Bonchev–Trinajstić information content (AvgIpc) is 3.26. The van der Waals surface area contributed by atoms with E-state index in [0.29, 0.717) is 17.3 Å². The van der Waals surface area contributed by atoms with E-state index < -0.39 is 0 Å². The molecule has 1 saturated heterocycles. The van der Waals surface area contributed by atoms with E-state index in [2.05, 4.69) is 32.3 Å². The molecule has 2 N–H and O–H groups in total. The molecular weight excluding hydrogens is 348 g/mol. The number of aryl methyl sites for hydroxylation is 2. The highest BCUT2D eigenvalue weighted by atomic mass is 32.1. The van der Waals surface area contributed by atoms with Gasteiger partial charge in [0.1, 0.15) is 16.0 Å². The maximum atomic E-state index is 10.7. The summed E-state index contributed by atoms with van der Waals surface area (Å²) in [6.45, 7) is 5.91. The lowest BCUT2D eigenvalue weighted by atomic mass is 10.1. The highest BCUT2D eigenvalue weighted by molar-refractivity contribution is 7.21. The maximum Gasteiger partial charge on any atom is 0.172 e. The van der Waals surface area contributed by atoms with Gasteiger partial charge >= 0.3 is 0 Å². The summed E-state index contributed by atoms with van der Waals surface area (Å²) in [5.74, 6) is 0.185. The van der Waals surface area contributed by atoms with E-state index >= 15 is 0 Å². The van der Waals surface area contributed by atoms with Crippen LogP contribution in [-0.2, 0) is 0 Å². The first kappa shape index (κ1) is 15.8. The van der Waals surface area contributed by atoms with Gasteiger partial charge in [0, 0.05) is 11.6 Å². The number of thiophene rings is 1. The Labute approximate surface area is 154 Å². The molecule has 0 atom stereocenters. The molecule has 1 fully saturated rings. The topological polar surface area (TPSA) is 80.3 Å². The molecule has 0 amide bonds. The molecule has 0 radical (unpaired) electrons. The highest BCUT2D eigenvalue weighted by Gasteiger charge is 2.21. The zero-order valence-corrected chi connectivity index (χ0v) is 15.5. The summed E-state index contributed by atoms with van der Waals surface area (Å²) in [5.41, 5.74) is 2.91. The van der Waals surface area contributed by atoms with Crippen LogP contribution in [0, 0.1) is 13.8 Å². The Balaban J connectivity index is 1.57. The molecule has 4 aromatic heterocycles. The number of aromatic nitrogens is 5. The quantitative estimate of drug-likeness (QED) is 0.568. The fourth-order valence-electron chi connectivity index (χ4n) is 3.76. The monoisotopic (exact) mass is 368 g/mol. The zero-order valence-electron chi connectivity index (χ0n) is 14.7. The van der Waals surface area contributed by atoms with Crippen LogP contribution in [0.5, 0.6) is 5.75 Å². The Morgan fingerprint density at radius 2 is 2.00 bits per heavy atom. The second-order valence-corrected chi connectivity index (χ2v) is 7.95. The minimum absolute atomic E-state index is 0.185. The van der Waals surface area contributed by atoms with Crippen molar-refractivity contribution in [3.63, 3.8) is 0 Å². The van der Waals surface area contributed by atoms with Gasteiger partial charge in [-0.1, -0.05) is 0 Å². The SMILES string of the molecule is Cc1cn2nc(-c3cc4cn(C5CCNCC5)nc4s3)c(O)c2c(C)n1. The lowest BCUT2D eigenvalue weighted by Gasteiger charge is -2.22. The third kappa shape index (κ3) is 2.40. The summed E-state index contributed by atoms with van der Waals surface area (Å²) in [6, 6.07) is 2.54. The molecule has 134 valence electrons. The maximum absolute atomic E-state index is 10.7. The van der Waals surface area contributed by atoms with Crippen LogP contribution in [0.15, 0.2) is 18.5 Å². The number of piperidine rings is 1. The fraction of sp³-hybridized carbons (Fsp3) is 0.389. The van der Waals surface area contributed by atoms with E-state index in [1.165, 1.54) is 0 Å². The molecule has 5 rings (SSSR count). The molecule has 1 aliphatic heterocycles. The summed E-state index contributed by atoms with van der Waals surface area (Å²) in [7, 11) is 0. The summed E-state index contributed by atoms with van der Waals surface area (Å²) < 4.78 is 3.82. The van der Waals surface area contributed by atoms with Gasteiger partial charge in [-0.2, -0.15) is 10.2 Å². The normalized spacial score (nSPS) is 16.1. The van der Waals surface area contributed by atoms with Crippen molar-refractivity contribution < 1.29 is 5.11 Å². The third-order valence-corrected chi connectivity index (χ3v) is 6.06. The van der Waals surface area contributed by atoms with Crippen molar-refractivity contribution in [2.45, 2.75) is 32.7 Å². The molecule has 0 bridgehead atoms. The van der Waals surface area contributed by atoms with Gasteiger partial charge in [-0.15, -0.1) is 11.3 Å². The Morgan fingerprint density at radius 3 is 2.77 bits per heavy atom. The van der Waals surface area contributed by atoms with Crippen molar-refractivity contribution in [1.29, 1.82) is 0 Å². The fourth-order valence-corrected chi connectivity index (χ4v) is 4.76. The van der Waals surface area contributed by atoms with E-state index in [1.54, 1.807) is 15.9 Å². The number of fused-ring (bicyclic) bond motifs is 2. The van der Waals surface area contributed by atoms with Crippen LogP contribution in [-0.4, -0.2) is 42.6 Å². The molecule has 0 aliphatic carbocycles. The third-order valence-electron chi connectivity index (χ3n) is 5.02. The molecule has 7 nitrogen and oxygen atoms in total. The minimum Gasteiger partial charge on any atom is -0.504 e.